The van der Waals surface area contributed by atoms with E-state index in [0.717, 1.165) is 11.1 Å². The third-order valence-electron chi connectivity index (χ3n) is 5.97. The predicted octanol–water partition coefficient (Wildman–Crippen LogP) is 5.36. The van der Waals surface area contributed by atoms with Crippen LogP contribution in [0.4, 0.5) is 5.69 Å². The summed E-state index contributed by atoms with van der Waals surface area (Å²) >= 11 is 0. The molecule has 1 fully saturated rings. The highest BCUT2D eigenvalue weighted by Gasteiger charge is 2.47. The molecule has 0 aliphatic carbocycles. The zero-order valence-electron chi connectivity index (χ0n) is 19.8. The van der Waals surface area contributed by atoms with Gasteiger partial charge in [-0.2, -0.15) is 0 Å². The Morgan fingerprint density at radius 1 is 1.09 bits per heavy atom. The molecule has 1 N–H and O–H groups in total. The first kappa shape index (κ1) is 23.2. The number of aliphatic hydroxyl groups is 1. The Morgan fingerprint density at radius 3 is 2.56 bits per heavy atom. The number of Topliss-reactive ketones (excluding diaryl/α,β-unsaturated/α-hetero) is 1. The highest BCUT2D eigenvalue weighted by Crippen LogP contribution is 2.43. The van der Waals surface area contributed by atoms with E-state index < -0.39 is 17.7 Å². The molecule has 1 aliphatic rings. The molecule has 1 amide bonds. The summed E-state index contributed by atoms with van der Waals surface area (Å²) in [5, 5.41) is 11.3. The summed E-state index contributed by atoms with van der Waals surface area (Å²) in [4.78, 5) is 32.3. The van der Waals surface area contributed by atoms with Crippen molar-refractivity contribution in [3.05, 3.63) is 94.8 Å². The van der Waals surface area contributed by atoms with Gasteiger partial charge in [0.05, 0.1) is 18.2 Å². The summed E-state index contributed by atoms with van der Waals surface area (Å²) in [5.74, 6) is -0.739. The zero-order valence-corrected chi connectivity index (χ0v) is 19.8. The van der Waals surface area contributed by atoms with Crippen LogP contribution in [0, 0.1) is 19.8 Å². The van der Waals surface area contributed by atoms with Gasteiger partial charge in [-0.1, -0.05) is 44.2 Å². The van der Waals surface area contributed by atoms with Crippen molar-refractivity contribution in [2.24, 2.45) is 5.92 Å². The fraction of sp³-hybridized carbons (Fsp3) is 0.250. The van der Waals surface area contributed by atoms with Crippen molar-refractivity contribution in [2.45, 2.75) is 33.7 Å². The van der Waals surface area contributed by atoms with Crippen molar-refractivity contribution in [1.82, 2.24) is 4.98 Å². The molecule has 1 aliphatic heterocycles. The van der Waals surface area contributed by atoms with Gasteiger partial charge in [-0.15, -0.1) is 0 Å². The first-order valence-corrected chi connectivity index (χ1v) is 11.3. The molecule has 4 rings (SSSR count). The van der Waals surface area contributed by atoms with Crippen LogP contribution in [-0.4, -0.2) is 28.4 Å². The fourth-order valence-electron chi connectivity index (χ4n) is 4.08. The highest BCUT2D eigenvalue weighted by atomic mass is 16.5. The number of rotatable bonds is 6. The lowest BCUT2D eigenvalue weighted by molar-refractivity contribution is -0.132. The first-order valence-electron chi connectivity index (χ1n) is 11.3. The second kappa shape index (κ2) is 9.51. The van der Waals surface area contributed by atoms with Crippen molar-refractivity contribution >= 4 is 23.1 Å². The lowest BCUT2D eigenvalue weighted by Gasteiger charge is -2.27. The zero-order chi connectivity index (χ0) is 24.4. The minimum absolute atomic E-state index is 0.0277. The van der Waals surface area contributed by atoms with Crippen LogP contribution in [0.5, 0.6) is 5.75 Å². The molecule has 0 saturated carbocycles. The summed E-state index contributed by atoms with van der Waals surface area (Å²) in [6.07, 6.45) is 3.24. The lowest BCUT2D eigenvalue weighted by Crippen LogP contribution is -2.30. The Kier molecular flexibility index (Phi) is 6.50. The third kappa shape index (κ3) is 4.31. The number of anilines is 1. The number of aryl methyl sites for hydroxylation is 1. The van der Waals surface area contributed by atoms with Crippen LogP contribution >= 0.6 is 0 Å². The standard InChI is InChI=1S/C28H28N2O4/c1-17(2)16-34-22-11-6-9-20(14-22)26(31)24-25(21-10-7-13-29-15-21)30(28(33)27(24)32)23-12-5-8-18(3)19(23)4/h5-15,17,25,31H,16H2,1-4H3/b26-24+. The average Bonchev–Trinajstić information content (AvgIpc) is 3.10. The molecular formula is C28H28N2O4. The van der Waals surface area contributed by atoms with Crippen molar-refractivity contribution in [3.8, 4) is 5.75 Å². The number of aliphatic hydroxyl groups excluding tert-OH is 1. The number of benzene rings is 2. The largest absolute Gasteiger partial charge is 0.507 e. The van der Waals surface area contributed by atoms with Gasteiger partial charge in [-0.25, -0.2) is 0 Å². The van der Waals surface area contributed by atoms with Crippen LogP contribution in [0.1, 0.15) is 42.1 Å². The number of amides is 1. The molecule has 6 nitrogen and oxygen atoms in total. The Hall–Kier alpha value is -3.93. The maximum absolute atomic E-state index is 13.3. The number of aromatic nitrogens is 1. The number of hydrogen-bond donors (Lipinski definition) is 1. The smallest absolute Gasteiger partial charge is 0.300 e. The number of nitrogens with zero attached hydrogens (tertiary/aromatic N) is 2. The van der Waals surface area contributed by atoms with Gasteiger partial charge in [0.15, 0.2) is 0 Å². The summed E-state index contributed by atoms with van der Waals surface area (Å²) in [6, 6.07) is 15.3. The molecule has 34 heavy (non-hydrogen) atoms. The molecule has 1 aromatic heterocycles. The Bertz CT molecular complexity index is 1260. The Labute approximate surface area is 199 Å². The van der Waals surface area contributed by atoms with Gasteiger partial charge < -0.3 is 9.84 Å². The van der Waals surface area contributed by atoms with Gasteiger partial charge in [-0.05, 0) is 60.7 Å². The lowest BCUT2D eigenvalue weighted by atomic mass is 9.95. The van der Waals surface area contributed by atoms with E-state index in [0.29, 0.717) is 35.1 Å². The molecular weight excluding hydrogens is 428 g/mol. The van der Waals surface area contributed by atoms with Crippen molar-refractivity contribution in [3.63, 3.8) is 0 Å². The van der Waals surface area contributed by atoms with E-state index in [1.807, 2.05) is 45.9 Å². The monoisotopic (exact) mass is 456 g/mol. The summed E-state index contributed by atoms with van der Waals surface area (Å²) in [5.41, 5.74) is 3.59. The molecule has 0 radical (unpaired) electrons. The van der Waals surface area contributed by atoms with E-state index in [1.165, 1.54) is 4.90 Å². The van der Waals surface area contributed by atoms with Crippen LogP contribution < -0.4 is 9.64 Å². The van der Waals surface area contributed by atoms with Crippen LogP contribution in [0.15, 0.2) is 72.6 Å². The molecule has 0 bridgehead atoms. The SMILES string of the molecule is Cc1cccc(N2C(=O)C(=O)/C(=C(/O)c3cccc(OCC(C)C)c3)C2c2cccnc2)c1C. The maximum atomic E-state index is 13.3. The van der Waals surface area contributed by atoms with Crippen molar-refractivity contribution in [2.75, 3.05) is 11.5 Å². The minimum Gasteiger partial charge on any atom is -0.507 e. The van der Waals surface area contributed by atoms with E-state index in [2.05, 4.69) is 4.98 Å². The van der Waals surface area contributed by atoms with Gasteiger partial charge in [0.25, 0.3) is 11.7 Å². The average molecular weight is 457 g/mol. The molecule has 1 unspecified atom stereocenters. The summed E-state index contributed by atoms with van der Waals surface area (Å²) in [6.45, 7) is 8.49. The summed E-state index contributed by atoms with van der Waals surface area (Å²) in [7, 11) is 0. The van der Waals surface area contributed by atoms with Gasteiger partial charge in [-0.3, -0.25) is 19.5 Å². The van der Waals surface area contributed by atoms with E-state index in [-0.39, 0.29) is 11.3 Å². The molecule has 6 heteroatoms. The molecule has 2 aromatic carbocycles. The maximum Gasteiger partial charge on any atom is 0.300 e. The highest BCUT2D eigenvalue weighted by molar-refractivity contribution is 6.51. The molecule has 174 valence electrons. The molecule has 1 atom stereocenters. The van der Waals surface area contributed by atoms with Crippen LogP contribution in [-0.2, 0) is 9.59 Å². The number of carbonyl (C=O) groups is 2. The summed E-state index contributed by atoms with van der Waals surface area (Å²) < 4.78 is 5.79. The number of ether oxygens (including phenoxy) is 1. The number of pyridine rings is 1. The van der Waals surface area contributed by atoms with Crippen LogP contribution in [0.2, 0.25) is 0 Å². The molecule has 3 aromatic rings. The van der Waals surface area contributed by atoms with E-state index in [4.69, 9.17) is 4.74 Å². The second-order valence-corrected chi connectivity index (χ2v) is 8.91. The normalized spacial score (nSPS) is 17.4. The third-order valence-corrected chi connectivity index (χ3v) is 5.97. The van der Waals surface area contributed by atoms with Gasteiger partial charge in [0, 0.05) is 23.6 Å². The van der Waals surface area contributed by atoms with E-state index >= 15 is 0 Å². The predicted molar refractivity (Wildman–Crippen MR) is 132 cm³/mol. The second-order valence-electron chi connectivity index (χ2n) is 8.91. The van der Waals surface area contributed by atoms with Gasteiger partial charge in [0.1, 0.15) is 11.5 Å². The Morgan fingerprint density at radius 2 is 1.85 bits per heavy atom. The van der Waals surface area contributed by atoms with Crippen molar-refractivity contribution in [1.29, 1.82) is 0 Å². The molecule has 2 heterocycles. The van der Waals surface area contributed by atoms with Crippen LogP contribution in [0.3, 0.4) is 0 Å². The first-order chi connectivity index (χ1) is 16.3. The van der Waals surface area contributed by atoms with E-state index in [9.17, 15) is 14.7 Å². The van der Waals surface area contributed by atoms with E-state index in [1.54, 1.807) is 48.8 Å². The fourth-order valence-corrected chi connectivity index (χ4v) is 4.08. The van der Waals surface area contributed by atoms with Gasteiger partial charge >= 0.3 is 0 Å². The quantitative estimate of drug-likeness (QED) is 0.307. The molecule has 1 saturated heterocycles. The van der Waals surface area contributed by atoms with Crippen LogP contribution in [0.25, 0.3) is 5.76 Å². The Balaban J connectivity index is 1.88. The number of carbonyl (C=O) groups excluding carboxylic acids is 2. The number of ketones is 1. The minimum atomic E-state index is -0.811. The van der Waals surface area contributed by atoms with Gasteiger partial charge in [0.2, 0.25) is 0 Å². The van der Waals surface area contributed by atoms with Crippen molar-refractivity contribution < 1.29 is 19.4 Å². The topological polar surface area (TPSA) is 79.7 Å². The number of hydrogen-bond acceptors (Lipinski definition) is 5. The molecule has 0 spiro atoms.